The van der Waals surface area contributed by atoms with Crippen molar-refractivity contribution in [2.75, 3.05) is 53.1 Å². The van der Waals surface area contributed by atoms with E-state index in [-0.39, 0.29) is 24.0 Å². The first-order chi connectivity index (χ1) is 11.3. The molecule has 0 amide bonds. The van der Waals surface area contributed by atoms with E-state index in [1.807, 2.05) is 12.1 Å². The smallest absolute Gasteiger partial charge is 0.193 e. The Bertz CT molecular complexity index is 454. The number of likely N-dealkylation sites (tertiary alicyclic amines) is 1. The Balaban J connectivity index is 0.00000288. The Morgan fingerprint density at radius 3 is 3.04 bits per heavy atom. The molecule has 0 bridgehead atoms. The van der Waals surface area contributed by atoms with Crippen LogP contribution in [0.15, 0.2) is 27.8 Å². The number of hydrogen-bond acceptors (Lipinski definition) is 4. The Kier molecular flexibility index (Phi) is 11.1. The van der Waals surface area contributed by atoms with E-state index in [1.54, 1.807) is 13.4 Å². The van der Waals surface area contributed by atoms with Crippen LogP contribution in [-0.4, -0.2) is 64.0 Å². The van der Waals surface area contributed by atoms with Crippen LogP contribution >= 0.6 is 24.0 Å². The Morgan fingerprint density at radius 2 is 2.33 bits per heavy atom. The zero-order valence-corrected chi connectivity index (χ0v) is 17.0. The molecule has 2 rings (SSSR count). The molecule has 1 N–H and O–H groups in total. The lowest BCUT2D eigenvalue weighted by Crippen LogP contribution is -2.40. The second-order valence-corrected chi connectivity index (χ2v) is 5.73. The minimum atomic E-state index is 0. The normalized spacial score (nSPS) is 17.8. The molecule has 1 aromatic rings. The first-order valence-electron chi connectivity index (χ1n) is 8.45. The van der Waals surface area contributed by atoms with Crippen molar-refractivity contribution in [3.05, 3.63) is 24.2 Å². The van der Waals surface area contributed by atoms with Gasteiger partial charge in [-0.2, -0.15) is 0 Å². The molecule has 138 valence electrons. The zero-order valence-electron chi connectivity index (χ0n) is 14.7. The Hall–Kier alpha value is -0.800. The second-order valence-electron chi connectivity index (χ2n) is 5.73. The van der Waals surface area contributed by atoms with Crippen LogP contribution in [0.1, 0.15) is 19.1 Å². The highest BCUT2D eigenvalue weighted by Crippen LogP contribution is 2.16. The first-order valence-corrected chi connectivity index (χ1v) is 8.45. The van der Waals surface area contributed by atoms with Crippen LogP contribution in [0, 0.1) is 5.92 Å². The third-order valence-electron chi connectivity index (χ3n) is 3.91. The number of methoxy groups -OCH3 is 1. The van der Waals surface area contributed by atoms with Crippen molar-refractivity contribution in [3.63, 3.8) is 0 Å². The summed E-state index contributed by atoms with van der Waals surface area (Å²) >= 11 is 0. The van der Waals surface area contributed by atoms with E-state index < -0.39 is 0 Å². The number of nitrogens with zero attached hydrogens (tertiary/aromatic N) is 2. The van der Waals surface area contributed by atoms with E-state index in [0.717, 1.165) is 57.3 Å². The lowest BCUT2D eigenvalue weighted by atomic mass is 10.1. The summed E-state index contributed by atoms with van der Waals surface area (Å²) in [6.45, 7) is 7.88. The minimum Gasteiger partial charge on any atom is -0.469 e. The van der Waals surface area contributed by atoms with Crippen LogP contribution in [0.5, 0.6) is 0 Å². The summed E-state index contributed by atoms with van der Waals surface area (Å²) in [6.07, 6.45) is 3.69. The van der Waals surface area contributed by atoms with Gasteiger partial charge in [-0.1, -0.05) is 0 Å². The molecule has 1 aromatic heterocycles. The van der Waals surface area contributed by atoms with Crippen molar-refractivity contribution in [2.45, 2.75) is 19.8 Å². The summed E-state index contributed by atoms with van der Waals surface area (Å²) in [5.74, 6) is 2.55. The lowest BCUT2D eigenvalue weighted by Gasteiger charge is -2.21. The van der Waals surface area contributed by atoms with Crippen molar-refractivity contribution < 1.29 is 13.9 Å². The van der Waals surface area contributed by atoms with Gasteiger partial charge in [-0.25, -0.2) is 0 Å². The average molecular weight is 451 g/mol. The van der Waals surface area contributed by atoms with Gasteiger partial charge in [-0.05, 0) is 25.5 Å². The van der Waals surface area contributed by atoms with E-state index in [9.17, 15) is 0 Å². The molecule has 0 saturated carbocycles. The largest absolute Gasteiger partial charge is 0.469 e. The average Bonchev–Trinajstić information content (AvgIpc) is 3.22. The van der Waals surface area contributed by atoms with Crippen LogP contribution in [0.25, 0.3) is 0 Å². The molecular formula is C17H30IN3O3. The van der Waals surface area contributed by atoms with E-state index in [2.05, 4.69) is 17.1 Å². The quantitative estimate of drug-likeness (QED) is 0.271. The molecule has 1 fully saturated rings. The molecule has 0 aliphatic carbocycles. The molecule has 1 atom stereocenters. The standard InChI is InChI=1S/C17H29N3O3.HI/c1-3-18-17(19-8-6-16-5-4-10-23-16)20-9-7-15(13-20)14-22-12-11-21-2;/h4-5,10,15H,3,6-9,11-14H2,1-2H3,(H,18,19);1H. The number of nitrogens with one attached hydrogen (secondary N) is 1. The van der Waals surface area contributed by atoms with Gasteiger partial charge in [0.2, 0.25) is 0 Å². The van der Waals surface area contributed by atoms with Gasteiger partial charge in [0.25, 0.3) is 0 Å². The molecule has 1 aliphatic rings. The molecular weight excluding hydrogens is 421 g/mol. The van der Waals surface area contributed by atoms with Crippen LogP contribution in [-0.2, 0) is 15.9 Å². The lowest BCUT2D eigenvalue weighted by molar-refractivity contribution is 0.0536. The van der Waals surface area contributed by atoms with Gasteiger partial charge in [0, 0.05) is 45.6 Å². The highest BCUT2D eigenvalue weighted by Gasteiger charge is 2.24. The SMILES string of the molecule is CCNC(=NCCc1ccco1)N1CCC(COCCOC)C1.I. The Labute approximate surface area is 162 Å². The third-order valence-corrected chi connectivity index (χ3v) is 3.91. The van der Waals surface area contributed by atoms with Crippen molar-refractivity contribution in [1.29, 1.82) is 0 Å². The van der Waals surface area contributed by atoms with Gasteiger partial charge in [0.1, 0.15) is 5.76 Å². The molecule has 1 unspecified atom stereocenters. The van der Waals surface area contributed by atoms with Gasteiger partial charge in [0.15, 0.2) is 5.96 Å². The molecule has 0 aromatic carbocycles. The zero-order chi connectivity index (χ0) is 16.3. The fourth-order valence-corrected chi connectivity index (χ4v) is 2.71. The summed E-state index contributed by atoms with van der Waals surface area (Å²) in [5, 5.41) is 3.39. The number of guanidine groups is 1. The van der Waals surface area contributed by atoms with E-state index in [4.69, 9.17) is 18.9 Å². The molecule has 1 aliphatic heterocycles. The van der Waals surface area contributed by atoms with Crippen LogP contribution in [0.4, 0.5) is 0 Å². The summed E-state index contributed by atoms with van der Waals surface area (Å²) in [4.78, 5) is 7.05. The van der Waals surface area contributed by atoms with Gasteiger partial charge >= 0.3 is 0 Å². The first kappa shape index (κ1) is 21.2. The van der Waals surface area contributed by atoms with E-state index in [1.165, 1.54) is 0 Å². The summed E-state index contributed by atoms with van der Waals surface area (Å²) < 4.78 is 16.0. The topological polar surface area (TPSA) is 59.2 Å². The van der Waals surface area contributed by atoms with Crippen molar-refractivity contribution >= 4 is 29.9 Å². The van der Waals surface area contributed by atoms with Crippen LogP contribution < -0.4 is 5.32 Å². The molecule has 0 radical (unpaired) electrons. The number of ether oxygens (including phenoxy) is 2. The van der Waals surface area contributed by atoms with Crippen LogP contribution in [0.3, 0.4) is 0 Å². The van der Waals surface area contributed by atoms with Crippen molar-refractivity contribution in [1.82, 2.24) is 10.2 Å². The number of halogens is 1. The Morgan fingerprint density at radius 1 is 1.46 bits per heavy atom. The highest BCUT2D eigenvalue weighted by molar-refractivity contribution is 14.0. The maximum atomic E-state index is 5.65. The maximum absolute atomic E-state index is 5.65. The molecule has 0 spiro atoms. The number of rotatable bonds is 9. The summed E-state index contributed by atoms with van der Waals surface area (Å²) in [7, 11) is 1.70. The molecule has 1 saturated heterocycles. The third kappa shape index (κ3) is 7.40. The van der Waals surface area contributed by atoms with Gasteiger partial charge in [0.05, 0.1) is 26.1 Å². The predicted molar refractivity (Wildman–Crippen MR) is 106 cm³/mol. The van der Waals surface area contributed by atoms with E-state index in [0.29, 0.717) is 19.1 Å². The number of furan rings is 1. The minimum absolute atomic E-state index is 0. The fourth-order valence-electron chi connectivity index (χ4n) is 2.71. The highest BCUT2D eigenvalue weighted by atomic mass is 127. The monoisotopic (exact) mass is 451 g/mol. The molecule has 6 nitrogen and oxygen atoms in total. The summed E-state index contributed by atoms with van der Waals surface area (Å²) in [5.41, 5.74) is 0. The maximum Gasteiger partial charge on any atom is 0.193 e. The van der Waals surface area contributed by atoms with Gasteiger partial charge < -0.3 is 24.1 Å². The van der Waals surface area contributed by atoms with Gasteiger partial charge in [-0.15, -0.1) is 24.0 Å². The van der Waals surface area contributed by atoms with E-state index >= 15 is 0 Å². The predicted octanol–water partition coefficient (Wildman–Crippen LogP) is 2.39. The fraction of sp³-hybridized carbons (Fsp3) is 0.706. The number of aliphatic imine (C=N–C) groups is 1. The van der Waals surface area contributed by atoms with Crippen LogP contribution in [0.2, 0.25) is 0 Å². The van der Waals surface area contributed by atoms with Crippen molar-refractivity contribution in [3.8, 4) is 0 Å². The molecule has 7 heteroatoms. The molecule has 2 heterocycles. The number of hydrogen-bond donors (Lipinski definition) is 1. The summed E-state index contributed by atoms with van der Waals surface area (Å²) in [6, 6.07) is 3.91. The molecule has 24 heavy (non-hydrogen) atoms. The second kappa shape index (κ2) is 12.5. The van der Waals surface area contributed by atoms with Crippen molar-refractivity contribution in [2.24, 2.45) is 10.9 Å². The van der Waals surface area contributed by atoms with Gasteiger partial charge in [-0.3, -0.25) is 4.99 Å².